The highest BCUT2D eigenvalue weighted by atomic mass is 32.2. The molecule has 0 spiro atoms. The van der Waals surface area contributed by atoms with Gasteiger partial charge in [-0.1, -0.05) is 13.3 Å². The summed E-state index contributed by atoms with van der Waals surface area (Å²) < 4.78 is 13.5. The molecular weight excluding hydrogens is 234 g/mol. The van der Waals surface area contributed by atoms with E-state index in [9.17, 15) is 4.21 Å². The van der Waals surface area contributed by atoms with Crippen LogP contribution in [0.3, 0.4) is 0 Å². The third-order valence-electron chi connectivity index (χ3n) is 3.19. The van der Waals surface area contributed by atoms with Crippen LogP contribution >= 0.6 is 0 Å². The van der Waals surface area contributed by atoms with E-state index in [-0.39, 0.29) is 0 Å². The van der Waals surface area contributed by atoms with Crippen molar-refractivity contribution in [1.29, 1.82) is 0 Å². The van der Waals surface area contributed by atoms with Gasteiger partial charge in [-0.2, -0.15) is 0 Å². The van der Waals surface area contributed by atoms with Crippen molar-refractivity contribution in [3.8, 4) is 0 Å². The van der Waals surface area contributed by atoms with Crippen LogP contribution < -0.4 is 5.32 Å². The first-order valence-electron chi connectivity index (χ1n) is 6.42. The van der Waals surface area contributed by atoms with Gasteiger partial charge in [0.1, 0.15) is 0 Å². The Morgan fingerprint density at radius 2 is 2.29 bits per heavy atom. The van der Waals surface area contributed by atoms with Crippen LogP contribution in [0.4, 0.5) is 5.95 Å². The van der Waals surface area contributed by atoms with Crippen molar-refractivity contribution in [2.75, 3.05) is 16.8 Å². The minimum Gasteiger partial charge on any atom is -0.353 e. The smallest absolute Gasteiger partial charge is 0.202 e. The Hall–Kier alpha value is -0.840. The van der Waals surface area contributed by atoms with Crippen LogP contribution in [-0.4, -0.2) is 31.3 Å². The Balaban J connectivity index is 1.89. The number of aryl methyl sites for hydroxylation is 1. The van der Waals surface area contributed by atoms with E-state index in [1.807, 2.05) is 12.4 Å². The van der Waals surface area contributed by atoms with Crippen LogP contribution in [0, 0.1) is 0 Å². The number of hydrogen-bond acceptors (Lipinski definition) is 3. The molecule has 5 heteroatoms. The van der Waals surface area contributed by atoms with Gasteiger partial charge in [0, 0.05) is 47.3 Å². The Morgan fingerprint density at radius 1 is 1.53 bits per heavy atom. The summed E-state index contributed by atoms with van der Waals surface area (Å²) in [6.45, 7) is 3.22. The van der Waals surface area contributed by atoms with Gasteiger partial charge in [-0.05, 0) is 19.3 Å². The van der Waals surface area contributed by atoms with Crippen LogP contribution in [0.5, 0.6) is 0 Å². The molecule has 1 aliphatic heterocycles. The maximum absolute atomic E-state index is 11.3. The van der Waals surface area contributed by atoms with Crippen molar-refractivity contribution in [1.82, 2.24) is 9.55 Å². The highest BCUT2D eigenvalue weighted by Gasteiger charge is 2.18. The van der Waals surface area contributed by atoms with Gasteiger partial charge in [0.05, 0.1) is 0 Å². The van der Waals surface area contributed by atoms with Gasteiger partial charge in [0.15, 0.2) is 0 Å². The minimum atomic E-state index is -0.587. The molecule has 2 rings (SSSR count). The summed E-state index contributed by atoms with van der Waals surface area (Å²) in [4.78, 5) is 4.36. The number of nitrogens with zero attached hydrogens (tertiary/aromatic N) is 2. The highest BCUT2D eigenvalue weighted by Crippen LogP contribution is 2.15. The zero-order valence-electron chi connectivity index (χ0n) is 10.4. The van der Waals surface area contributed by atoms with Crippen LogP contribution in [0.2, 0.25) is 0 Å². The topological polar surface area (TPSA) is 46.9 Å². The molecule has 4 nitrogen and oxygen atoms in total. The van der Waals surface area contributed by atoms with Crippen molar-refractivity contribution >= 4 is 16.7 Å². The number of rotatable bonds is 5. The lowest BCUT2D eigenvalue weighted by molar-refractivity contribution is 0.599. The summed E-state index contributed by atoms with van der Waals surface area (Å²) in [5, 5.41) is 3.48. The van der Waals surface area contributed by atoms with E-state index < -0.39 is 10.8 Å². The molecule has 1 aliphatic rings. The summed E-state index contributed by atoms with van der Waals surface area (Å²) in [7, 11) is -0.587. The molecule has 1 N–H and O–H groups in total. The normalized spacial score (nSPS) is 24.8. The average Bonchev–Trinajstić information content (AvgIpc) is 2.77. The van der Waals surface area contributed by atoms with Crippen molar-refractivity contribution in [2.24, 2.45) is 0 Å². The van der Waals surface area contributed by atoms with Crippen LogP contribution in [-0.2, 0) is 17.3 Å². The third-order valence-corrected chi connectivity index (χ3v) is 4.57. The van der Waals surface area contributed by atoms with Crippen molar-refractivity contribution in [2.45, 2.75) is 45.2 Å². The van der Waals surface area contributed by atoms with Crippen LogP contribution in [0.1, 0.15) is 32.6 Å². The second-order valence-corrected chi connectivity index (χ2v) is 6.26. The van der Waals surface area contributed by atoms with Gasteiger partial charge >= 0.3 is 0 Å². The first-order chi connectivity index (χ1) is 8.29. The lowest BCUT2D eigenvalue weighted by Crippen LogP contribution is -2.30. The quantitative estimate of drug-likeness (QED) is 0.875. The summed E-state index contributed by atoms with van der Waals surface area (Å²) >= 11 is 0. The molecule has 0 saturated carbocycles. The second-order valence-electron chi connectivity index (χ2n) is 4.56. The van der Waals surface area contributed by atoms with E-state index in [1.54, 1.807) is 0 Å². The number of unbranched alkanes of at least 4 members (excludes halogenated alkanes) is 1. The van der Waals surface area contributed by atoms with Crippen LogP contribution in [0.15, 0.2) is 12.4 Å². The number of nitrogens with one attached hydrogen (secondary N) is 1. The molecule has 17 heavy (non-hydrogen) atoms. The fourth-order valence-corrected chi connectivity index (χ4v) is 3.38. The van der Waals surface area contributed by atoms with Gasteiger partial charge in [0.25, 0.3) is 0 Å². The highest BCUT2D eigenvalue weighted by molar-refractivity contribution is 7.85. The fourth-order valence-electron chi connectivity index (χ4n) is 2.08. The zero-order chi connectivity index (χ0) is 12.1. The Kier molecular flexibility index (Phi) is 4.59. The Bertz CT molecular complexity index is 368. The molecule has 0 aliphatic carbocycles. The lowest BCUT2D eigenvalue weighted by atomic mass is 10.2. The maximum atomic E-state index is 11.3. The SMILES string of the molecule is CCCCn1ccnc1NC1CCS(=O)CC1. The van der Waals surface area contributed by atoms with Crippen molar-refractivity contribution < 1.29 is 4.21 Å². The molecule has 0 aromatic carbocycles. The molecule has 2 heterocycles. The molecule has 96 valence electrons. The number of hydrogen-bond donors (Lipinski definition) is 1. The van der Waals surface area contributed by atoms with E-state index >= 15 is 0 Å². The Morgan fingerprint density at radius 3 is 3.00 bits per heavy atom. The van der Waals surface area contributed by atoms with Gasteiger partial charge in [-0.3, -0.25) is 4.21 Å². The summed E-state index contributed by atoms with van der Waals surface area (Å²) in [5.74, 6) is 2.62. The summed E-state index contributed by atoms with van der Waals surface area (Å²) in [6, 6.07) is 0.440. The molecular formula is C12H21N3OS. The molecule has 0 bridgehead atoms. The average molecular weight is 255 g/mol. The van der Waals surface area contributed by atoms with E-state index in [0.717, 1.165) is 36.8 Å². The largest absolute Gasteiger partial charge is 0.353 e. The first-order valence-corrected chi connectivity index (χ1v) is 7.91. The second kappa shape index (κ2) is 6.19. The number of imidazole rings is 1. The first kappa shape index (κ1) is 12.6. The minimum absolute atomic E-state index is 0.440. The molecule has 1 aromatic heterocycles. The zero-order valence-corrected chi connectivity index (χ0v) is 11.2. The van der Waals surface area contributed by atoms with E-state index in [4.69, 9.17) is 0 Å². The molecule has 0 amide bonds. The fraction of sp³-hybridized carbons (Fsp3) is 0.750. The van der Waals surface area contributed by atoms with Gasteiger partial charge in [-0.15, -0.1) is 0 Å². The molecule has 1 fully saturated rings. The Labute approximate surface area is 105 Å². The predicted molar refractivity (Wildman–Crippen MR) is 71.7 cm³/mol. The number of anilines is 1. The standard InChI is InChI=1S/C12H21N3OS/c1-2-3-7-15-8-6-13-12(15)14-11-4-9-17(16)10-5-11/h6,8,11H,2-5,7,9-10H2,1H3,(H,13,14). The van der Waals surface area contributed by atoms with Gasteiger partial charge in [0.2, 0.25) is 5.95 Å². The van der Waals surface area contributed by atoms with Gasteiger partial charge in [-0.25, -0.2) is 4.98 Å². The summed E-state index contributed by atoms with van der Waals surface area (Å²) in [5.41, 5.74) is 0. The predicted octanol–water partition coefficient (Wildman–Crippen LogP) is 2.01. The van der Waals surface area contributed by atoms with Crippen LogP contribution in [0.25, 0.3) is 0 Å². The molecule has 0 atom stereocenters. The van der Waals surface area contributed by atoms with Gasteiger partial charge < -0.3 is 9.88 Å². The van der Waals surface area contributed by atoms with E-state index in [2.05, 4.69) is 21.8 Å². The monoisotopic (exact) mass is 255 g/mol. The number of aromatic nitrogens is 2. The molecule has 1 aromatic rings. The molecule has 1 saturated heterocycles. The maximum Gasteiger partial charge on any atom is 0.202 e. The molecule has 0 radical (unpaired) electrons. The summed E-state index contributed by atoms with van der Waals surface area (Å²) in [6.07, 6.45) is 8.23. The molecule has 0 unspecified atom stereocenters. The van der Waals surface area contributed by atoms with Crippen molar-refractivity contribution in [3.05, 3.63) is 12.4 Å². The van der Waals surface area contributed by atoms with E-state index in [0.29, 0.717) is 6.04 Å². The lowest BCUT2D eigenvalue weighted by Gasteiger charge is -2.23. The van der Waals surface area contributed by atoms with Crippen molar-refractivity contribution in [3.63, 3.8) is 0 Å². The van der Waals surface area contributed by atoms with E-state index in [1.165, 1.54) is 12.8 Å². The third kappa shape index (κ3) is 3.56.